The summed E-state index contributed by atoms with van der Waals surface area (Å²) in [5.41, 5.74) is 0.616. The van der Waals surface area contributed by atoms with Crippen LogP contribution in [0.25, 0.3) is 11.4 Å². The highest BCUT2D eigenvalue weighted by molar-refractivity contribution is 5.76. The maximum absolute atomic E-state index is 11.7. The SMILES string of the molecule is CC(C)(C)NC(=O)Cn1nnc(-c2ccccc2)n1. The molecule has 19 heavy (non-hydrogen) atoms. The lowest BCUT2D eigenvalue weighted by Gasteiger charge is -2.19. The molecule has 0 saturated heterocycles. The number of rotatable bonds is 3. The number of carbonyl (C=O) groups is 1. The molecule has 1 N–H and O–H groups in total. The molecule has 2 rings (SSSR count). The van der Waals surface area contributed by atoms with E-state index >= 15 is 0 Å². The molecule has 0 unspecified atom stereocenters. The van der Waals surface area contributed by atoms with Gasteiger partial charge in [-0.05, 0) is 26.0 Å². The van der Waals surface area contributed by atoms with Gasteiger partial charge in [0.2, 0.25) is 11.7 Å². The Kier molecular flexibility index (Phi) is 3.59. The zero-order valence-electron chi connectivity index (χ0n) is 11.3. The van der Waals surface area contributed by atoms with Crippen LogP contribution in [0.2, 0.25) is 0 Å². The number of aromatic nitrogens is 4. The summed E-state index contributed by atoms with van der Waals surface area (Å²) < 4.78 is 0. The van der Waals surface area contributed by atoms with E-state index in [1.807, 2.05) is 51.1 Å². The van der Waals surface area contributed by atoms with Gasteiger partial charge < -0.3 is 5.32 Å². The molecule has 2 aromatic rings. The van der Waals surface area contributed by atoms with Crippen LogP contribution in [-0.2, 0) is 11.3 Å². The van der Waals surface area contributed by atoms with Crippen molar-refractivity contribution in [3.8, 4) is 11.4 Å². The van der Waals surface area contributed by atoms with E-state index in [1.54, 1.807) is 0 Å². The Bertz CT molecular complexity index is 556. The Balaban J connectivity index is 2.04. The first-order chi connectivity index (χ1) is 8.94. The van der Waals surface area contributed by atoms with Crippen molar-refractivity contribution in [1.29, 1.82) is 0 Å². The molecule has 0 bridgehead atoms. The van der Waals surface area contributed by atoms with E-state index in [0.717, 1.165) is 5.56 Å². The van der Waals surface area contributed by atoms with Gasteiger partial charge in [-0.2, -0.15) is 4.80 Å². The average Bonchev–Trinajstić information content (AvgIpc) is 2.76. The molecule has 1 heterocycles. The molecule has 0 spiro atoms. The van der Waals surface area contributed by atoms with Crippen molar-refractivity contribution in [3.63, 3.8) is 0 Å². The fourth-order valence-corrected chi connectivity index (χ4v) is 1.60. The van der Waals surface area contributed by atoms with Crippen molar-refractivity contribution < 1.29 is 4.79 Å². The Hall–Kier alpha value is -2.24. The molecule has 1 aromatic carbocycles. The van der Waals surface area contributed by atoms with Crippen LogP contribution >= 0.6 is 0 Å². The standard InChI is InChI=1S/C13H17N5O/c1-13(2,3)14-11(19)9-18-16-12(15-17-18)10-7-5-4-6-8-10/h4-8H,9H2,1-3H3,(H,14,19). The summed E-state index contributed by atoms with van der Waals surface area (Å²) in [5.74, 6) is 0.383. The van der Waals surface area contributed by atoms with Crippen LogP contribution in [-0.4, -0.2) is 31.7 Å². The number of amides is 1. The summed E-state index contributed by atoms with van der Waals surface area (Å²) in [6, 6.07) is 9.53. The topological polar surface area (TPSA) is 72.7 Å². The Morgan fingerprint density at radius 2 is 1.95 bits per heavy atom. The highest BCUT2D eigenvalue weighted by atomic mass is 16.2. The molecule has 0 saturated carbocycles. The Morgan fingerprint density at radius 3 is 2.58 bits per heavy atom. The molecule has 6 heteroatoms. The molecule has 0 fully saturated rings. The third kappa shape index (κ3) is 3.87. The van der Waals surface area contributed by atoms with Gasteiger partial charge in [0.1, 0.15) is 6.54 Å². The average molecular weight is 259 g/mol. The third-order valence-electron chi connectivity index (χ3n) is 2.28. The summed E-state index contributed by atoms with van der Waals surface area (Å²) in [6.45, 7) is 5.84. The number of tetrazole rings is 1. The van der Waals surface area contributed by atoms with E-state index in [-0.39, 0.29) is 18.0 Å². The van der Waals surface area contributed by atoms with E-state index in [2.05, 4.69) is 20.7 Å². The van der Waals surface area contributed by atoms with Gasteiger partial charge in [-0.3, -0.25) is 4.79 Å². The molecule has 1 amide bonds. The largest absolute Gasteiger partial charge is 0.350 e. The van der Waals surface area contributed by atoms with E-state index in [4.69, 9.17) is 0 Å². The predicted octanol–water partition coefficient (Wildman–Crippen LogP) is 1.25. The van der Waals surface area contributed by atoms with Gasteiger partial charge in [0.05, 0.1) is 0 Å². The normalized spacial score (nSPS) is 11.3. The first-order valence-electron chi connectivity index (χ1n) is 6.08. The van der Waals surface area contributed by atoms with Crippen LogP contribution in [0.3, 0.4) is 0 Å². The maximum Gasteiger partial charge on any atom is 0.244 e. The van der Waals surface area contributed by atoms with Crippen LogP contribution in [0, 0.1) is 0 Å². The number of hydrogen-bond donors (Lipinski definition) is 1. The lowest BCUT2D eigenvalue weighted by molar-refractivity contribution is -0.123. The zero-order chi connectivity index (χ0) is 13.9. The van der Waals surface area contributed by atoms with Gasteiger partial charge >= 0.3 is 0 Å². The smallest absolute Gasteiger partial charge is 0.244 e. The highest BCUT2D eigenvalue weighted by Gasteiger charge is 2.15. The minimum Gasteiger partial charge on any atom is -0.350 e. The second-order valence-corrected chi connectivity index (χ2v) is 5.31. The van der Waals surface area contributed by atoms with Gasteiger partial charge in [0, 0.05) is 11.1 Å². The Labute approximate surface area is 111 Å². The van der Waals surface area contributed by atoms with Crippen molar-refractivity contribution in [1.82, 2.24) is 25.5 Å². The first-order valence-corrected chi connectivity index (χ1v) is 6.08. The fourth-order valence-electron chi connectivity index (χ4n) is 1.60. The van der Waals surface area contributed by atoms with E-state index in [0.29, 0.717) is 5.82 Å². The van der Waals surface area contributed by atoms with Crippen LogP contribution in [0.5, 0.6) is 0 Å². The monoisotopic (exact) mass is 259 g/mol. The first kappa shape index (κ1) is 13.2. The second-order valence-electron chi connectivity index (χ2n) is 5.31. The minimum atomic E-state index is -0.264. The summed E-state index contributed by atoms with van der Waals surface area (Å²) in [5, 5.41) is 14.8. The lowest BCUT2D eigenvalue weighted by Crippen LogP contribution is -2.42. The third-order valence-corrected chi connectivity index (χ3v) is 2.28. The molecule has 1 aromatic heterocycles. The summed E-state index contributed by atoms with van der Waals surface area (Å²) >= 11 is 0. The van der Waals surface area contributed by atoms with E-state index in [9.17, 15) is 4.79 Å². The summed E-state index contributed by atoms with van der Waals surface area (Å²) in [6.07, 6.45) is 0. The quantitative estimate of drug-likeness (QED) is 0.900. The minimum absolute atomic E-state index is 0.0666. The van der Waals surface area contributed by atoms with Gasteiger partial charge in [-0.25, -0.2) is 0 Å². The van der Waals surface area contributed by atoms with E-state index < -0.39 is 0 Å². The number of nitrogens with zero attached hydrogens (tertiary/aromatic N) is 4. The summed E-state index contributed by atoms with van der Waals surface area (Å²) in [4.78, 5) is 13.0. The van der Waals surface area contributed by atoms with Gasteiger partial charge in [-0.1, -0.05) is 30.3 Å². The molecule has 6 nitrogen and oxygen atoms in total. The van der Waals surface area contributed by atoms with Crippen LogP contribution < -0.4 is 5.32 Å². The molecule has 0 aliphatic carbocycles. The van der Waals surface area contributed by atoms with Crippen molar-refractivity contribution >= 4 is 5.91 Å². The summed E-state index contributed by atoms with van der Waals surface area (Å²) in [7, 11) is 0. The zero-order valence-corrected chi connectivity index (χ0v) is 11.3. The Morgan fingerprint density at radius 1 is 1.26 bits per heavy atom. The molecular weight excluding hydrogens is 242 g/mol. The fraction of sp³-hybridized carbons (Fsp3) is 0.385. The number of carbonyl (C=O) groups excluding carboxylic acids is 1. The van der Waals surface area contributed by atoms with Crippen molar-refractivity contribution in [2.75, 3.05) is 0 Å². The van der Waals surface area contributed by atoms with E-state index in [1.165, 1.54) is 4.80 Å². The van der Waals surface area contributed by atoms with Gasteiger partial charge in [0.25, 0.3) is 0 Å². The molecule has 0 atom stereocenters. The highest BCUT2D eigenvalue weighted by Crippen LogP contribution is 2.11. The predicted molar refractivity (Wildman–Crippen MR) is 71.1 cm³/mol. The second kappa shape index (κ2) is 5.17. The van der Waals surface area contributed by atoms with Crippen LogP contribution in [0.4, 0.5) is 0 Å². The van der Waals surface area contributed by atoms with Crippen molar-refractivity contribution in [2.45, 2.75) is 32.9 Å². The number of nitrogens with one attached hydrogen (secondary N) is 1. The number of hydrogen-bond acceptors (Lipinski definition) is 4. The number of benzene rings is 1. The molecule has 100 valence electrons. The lowest BCUT2D eigenvalue weighted by atomic mass is 10.1. The van der Waals surface area contributed by atoms with Gasteiger partial charge in [-0.15, -0.1) is 10.2 Å². The van der Waals surface area contributed by atoms with Crippen molar-refractivity contribution in [3.05, 3.63) is 30.3 Å². The molecule has 0 radical (unpaired) electrons. The van der Waals surface area contributed by atoms with Crippen LogP contribution in [0.15, 0.2) is 30.3 Å². The van der Waals surface area contributed by atoms with Crippen LogP contribution in [0.1, 0.15) is 20.8 Å². The molecular formula is C13H17N5O. The molecule has 0 aliphatic rings. The maximum atomic E-state index is 11.7. The van der Waals surface area contributed by atoms with Crippen molar-refractivity contribution in [2.24, 2.45) is 0 Å². The van der Waals surface area contributed by atoms with Gasteiger partial charge in [0.15, 0.2) is 0 Å². The molecule has 0 aliphatic heterocycles.